The highest BCUT2D eigenvalue weighted by molar-refractivity contribution is 5.77. The Kier molecular flexibility index (Phi) is 11.4. The normalized spacial score (nSPS) is 15.6. The third-order valence-corrected chi connectivity index (χ3v) is 4.85. The van der Waals surface area contributed by atoms with E-state index < -0.39 is 0 Å². The van der Waals surface area contributed by atoms with E-state index in [1.54, 1.807) is 0 Å². The Morgan fingerprint density at radius 3 is 2.07 bits per heavy atom. The Bertz CT molecular complexity index is 546. The molecular weight excluding hydrogens is 346 g/mol. The van der Waals surface area contributed by atoms with Crippen LogP contribution < -0.4 is 5.32 Å². The molecular formula is C24H45N3O. The van der Waals surface area contributed by atoms with Crippen LogP contribution in [0.4, 0.5) is 0 Å². The van der Waals surface area contributed by atoms with Crippen molar-refractivity contribution in [1.82, 2.24) is 15.1 Å². The average Bonchev–Trinajstić information content (AvgIpc) is 2.66. The van der Waals surface area contributed by atoms with Gasteiger partial charge in [-0.1, -0.05) is 72.2 Å². The number of carbonyl (C=O) groups excluding carboxylic acids is 1. The van der Waals surface area contributed by atoms with E-state index in [0.717, 1.165) is 58.5 Å². The minimum Gasteiger partial charge on any atom is -0.355 e. The molecule has 0 aliphatic carbocycles. The van der Waals surface area contributed by atoms with Crippen molar-refractivity contribution in [3.8, 4) is 0 Å². The van der Waals surface area contributed by atoms with Gasteiger partial charge in [0.15, 0.2) is 0 Å². The number of amides is 1. The highest BCUT2D eigenvalue weighted by Crippen LogP contribution is 2.21. The van der Waals surface area contributed by atoms with E-state index in [9.17, 15) is 4.79 Å². The van der Waals surface area contributed by atoms with Gasteiger partial charge in [-0.2, -0.15) is 0 Å². The first-order chi connectivity index (χ1) is 13.4. The second kappa shape index (κ2) is 12.9. The van der Waals surface area contributed by atoms with Gasteiger partial charge in [0.05, 0.1) is 6.54 Å². The minimum absolute atomic E-state index is 0. The highest BCUT2D eigenvalue weighted by atomic mass is 16.2. The number of rotatable bonds is 8. The average molecular weight is 392 g/mol. The molecule has 1 fully saturated rings. The van der Waals surface area contributed by atoms with Crippen LogP contribution in [0.3, 0.4) is 0 Å². The summed E-state index contributed by atoms with van der Waals surface area (Å²) in [5, 5.41) is 3.01. The fraction of sp³-hybridized carbons (Fsp3) is 0.708. The van der Waals surface area contributed by atoms with Gasteiger partial charge in [-0.3, -0.25) is 14.6 Å². The van der Waals surface area contributed by atoms with Crippen LogP contribution in [0.1, 0.15) is 66.9 Å². The zero-order valence-corrected chi connectivity index (χ0v) is 19.2. The lowest BCUT2D eigenvalue weighted by atomic mass is 9.88. The lowest BCUT2D eigenvalue weighted by Gasteiger charge is -2.34. The lowest BCUT2D eigenvalue weighted by Crippen LogP contribution is -2.49. The maximum Gasteiger partial charge on any atom is 0.234 e. The Balaban J connectivity index is 0.00000253. The van der Waals surface area contributed by atoms with Gasteiger partial charge in [0.2, 0.25) is 5.91 Å². The van der Waals surface area contributed by atoms with Crippen LogP contribution in [0.15, 0.2) is 24.3 Å². The molecule has 162 valence electrons. The molecule has 0 unspecified atom stereocenters. The number of unbranched alkanes of at least 4 members (excludes halogenated alkanes) is 1. The van der Waals surface area contributed by atoms with Crippen LogP contribution >= 0.6 is 0 Å². The van der Waals surface area contributed by atoms with Crippen molar-refractivity contribution in [3.05, 3.63) is 35.4 Å². The molecule has 1 aromatic rings. The van der Waals surface area contributed by atoms with Crippen LogP contribution in [0.25, 0.3) is 0 Å². The van der Waals surface area contributed by atoms with E-state index >= 15 is 0 Å². The molecule has 0 atom stereocenters. The van der Waals surface area contributed by atoms with Crippen LogP contribution in [0.2, 0.25) is 0 Å². The summed E-state index contributed by atoms with van der Waals surface area (Å²) in [5.74, 6) is 0.168. The van der Waals surface area contributed by atoms with E-state index in [-0.39, 0.29) is 7.33 Å². The van der Waals surface area contributed by atoms with Gasteiger partial charge in [0.25, 0.3) is 0 Å². The zero-order valence-electron chi connectivity index (χ0n) is 19.2. The molecule has 0 saturated carbocycles. The van der Waals surface area contributed by atoms with Crippen LogP contribution in [0.5, 0.6) is 0 Å². The molecule has 1 aromatic carbocycles. The lowest BCUT2D eigenvalue weighted by molar-refractivity contribution is -0.122. The molecule has 4 nitrogen and oxygen atoms in total. The molecule has 1 N–H and O–H groups in total. The fourth-order valence-corrected chi connectivity index (χ4v) is 3.40. The number of hydrogen-bond donors (Lipinski definition) is 1. The molecule has 0 spiro atoms. The van der Waals surface area contributed by atoms with Crippen LogP contribution in [0, 0.1) is 5.41 Å². The number of piperazine rings is 1. The first-order valence-corrected chi connectivity index (χ1v) is 11.1. The Morgan fingerprint density at radius 2 is 1.54 bits per heavy atom. The van der Waals surface area contributed by atoms with Gasteiger partial charge in [0, 0.05) is 40.7 Å². The minimum atomic E-state index is 0. The van der Waals surface area contributed by atoms with Crippen LogP contribution in [-0.4, -0.2) is 55.0 Å². The smallest absolute Gasteiger partial charge is 0.234 e. The van der Waals surface area contributed by atoms with Gasteiger partial charge in [-0.15, -0.1) is 0 Å². The summed E-state index contributed by atoms with van der Waals surface area (Å²) in [6.45, 7) is 19.4. The Morgan fingerprint density at radius 1 is 1.00 bits per heavy atom. The van der Waals surface area contributed by atoms with E-state index in [1.165, 1.54) is 11.1 Å². The molecule has 1 amide bonds. The quantitative estimate of drug-likeness (QED) is 0.659. The predicted octanol–water partition coefficient (Wildman–Crippen LogP) is 4.58. The van der Waals surface area contributed by atoms with Crippen molar-refractivity contribution in [3.63, 3.8) is 0 Å². The summed E-state index contributed by atoms with van der Waals surface area (Å²) in [4.78, 5) is 16.7. The Labute approximate surface area is 175 Å². The van der Waals surface area contributed by atoms with Crippen molar-refractivity contribution in [1.29, 1.82) is 0 Å². The van der Waals surface area contributed by atoms with E-state index in [4.69, 9.17) is 0 Å². The highest BCUT2D eigenvalue weighted by Gasteiger charge is 2.19. The summed E-state index contributed by atoms with van der Waals surface area (Å²) in [7, 11) is 0. The number of carbonyl (C=O) groups is 1. The zero-order chi connectivity index (χ0) is 21.0. The van der Waals surface area contributed by atoms with E-state index in [1.807, 2.05) is 13.8 Å². The SMILES string of the molecule is CC.CCCCNC(=O)CN1CCN(Cc2ccc(CC(C)(C)C)cc2)CC1.[HH]. The molecule has 2 rings (SSSR count). The number of nitrogens with one attached hydrogen (secondary N) is 1. The molecule has 0 radical (unpaired) electrons. The second-order valence-electron chi connectivity index (χ2n) is 8.81. The summed E-state index contributed by atoms with van der Waals surface area (Å²) < 4.78 is 0. The van der Waals surface area contributed by atoms with E-state index in [2.05, 4.69) is 67.1 Å². The molecule has 1 aliphatic heterocycles. The second-order valence-corrected chi connectivity index (χ2v) is 8.81. The molecule has 0 aromatic heterocycles. The standard InChI is InChI=1S/C22H37N3O.C2H6.H2/c1-5-6-11-23-21(26)18-25-14-12-24(13-15-25)17-20-9-7-19(8-10-20)16-22(2,3)4;1-2;/h7-10H,5-6,11-18H2,1-4H3,(H,23,26);1-2H3;1H. The summed E-state index contributed by atoms with van der Waals surface area (Å²) >= 11 is 0. The summed E-state index contributed by atoms with van der Waals surface area (Å²) in [6.07, 6.45) is 3.30. The van der Waals surface area contributed by atoms with Crippen molar-refractivity contribution in [2.45, 2.75) is 67.3 Å². The maximum atomic E-state index is 11.9. The fourth-order valence-electron chi connectivity index (χ4n) is 3.40. The molecule has 1 aliphatic rings. The van der Waals surface area contributed by atoms with Crippen LogP contribution in [-0.2, 0) is 17.8 Å². The molecule has 28 heavy (non-hydrogen) atoms. The molecule has 0 bridgehead atoms. The number of hydrogen-bond acceptors (Lipinski definition) is 3. The van der Waals surface area contributed by atoms with Gasteiger partial charge in [-0.25, -0.2) is 0 Å². The third-order valence-electron chi connectivity index (χ3n) is 4.85. The number of benzene rings is 1. The topological polar surface area (TPSA) is 35.6 Å². The maximum absolute atomic E-state index is 11.9. The Hall–Kier alpha value is -1.39. The summed E-state index contributed by atoms with van der Waals surface area (Å²) in [5.41, 5.74) is 3.13. The summed E-state index contributed by atoms with van der Waals surface area (Å²) in [6, 6.07) is 9.10. The van der Waals surface area contributed by atoms with E-state index in [0.29, 0.717) is 12.0 Å². The van der Waals surface area contributed by atoms with Gasteiger partial charge in [0.1, 0.15) is 0 Å². The molecule has 1 saturated heterocycles. The van der Waals surface area contributed by atoms with Crippen molar-refractivity contribution < 1.29 is 6.22 Å². The number of nitrogens with zero attached hydrogens (tertiary/aromatic N) is 2. The first kappa shape index (κ1) is 24.6. The largest absolute Gasteiger partial charge is 0.355 e. The first-order valence-electron chi connectivity index (χ1n) is 11.1. The van der Waals surface area contributed by atoms with Gasteiger partial charge < -0.3 is 5.32 Å². The monoisotopic (exact) mass is 391 g/mol. The van der Waals surface area contributed by atoms with Gasteiger partial charge >= 0.3 is 0 Å². The third kappa shape index (κ3) is 10.2. The van der Waals surface area contributed by atoms with Crippen molar-refractivity contribution in [2.24, 2.45) is 5.41 Å². The van der Waals surface area contributed by atoms with Crippen molar-refractivity contribution in [2.75, 3.05) is 39.3 Å². The van der Waals surface area contributed by atoms with Gasteiger partial charge in [-0.05, 0) is 29.4 Å². The molecule has 4 heteroatoms. The molecule has 1 heterocycles. The van der Waals surface area contributed by atoms with Crippen molar-refractivity contribution >= 4 is 5.91 Å². The predicted molar refractivity (Wildman–Crippen MR) is 123 cm³/mol.